The molecule has 0 aliphatic heterocycles. The van der Waals surface area contributed by atoms with Gasteiger partial charge < -0.3 is 10.0 Å². The summed E-state index contributed by atoms with van der Waals surface area (Å²) in [5.74, 6) is -4.09. The molecule has 0 atom stereocenters. The Hall–Kier alpha value is -2.26. The highest BCUT2D eigenvalue weighted by Crippen LogP contribution is 2.26. The number of hydrogen-bond donors (Lipinski definition) is 2. The van der Waals surface area contributed by atoms with Crippen LogP contribution < -0.4 is 5.46 Å². The molecule has 0 aliphatic carbocycles. The highest BCUT2D eigenvalue weighted by atomic mass is 79.9. The Kier molecular flexibility index (Phi) is 11.2. The van der Waals surface area contributed by atoms with E-state index in [2.05, 4.69) is 67.7 Å². The molecule has 0 spiro atoms. The minimum Gasteiger partial charge on any atom is -0.423 e. The van der Waals surface area contributed by atoms with Gasteiger partial charge in [-0.3, -0.25) is 0 Å². The van der Waals surface area contributed by atoms with E-state index in [9.17, 15) is 17.6 Å². The third-order valence-electron chi connectivity index (χ3n) is 3.72. The second-order valence-corrected chi connectivity index (χ2v) is 8.37. The summed E-state index contributed by atoms with van der Waals surface area (Å²) in [4.78, 5) is 15.3. The lowest BCUT2D eigenvalue weighted by atomic mass is 9.80. The summed E-state index contributed by atoms with van der Waals surface area (Å²) >= 11 is 8.74. The lowest BCUT2D eigenvalue weighted by molar-refractivity contribution is 0.420. The first kappa shape index (κ1) is 28.0. The van der Waals surface area contributed by atoms with E-state index in [1.54, 1.807) is 24.5 Å². The predicted molar refractivity (Wildman–Crippen MR) is 129 cm³/mol. The van der Waals surface area contributed by atoms with Crippen molar-refractivity contribution in [3.63, 3.8) is 0 Å². The Bertz CT molecular complexity index is 1230. The van der Waals surface area contributed by atoms with E-state index in [1.807, 2.05) is 0 Å². The summed E-state index contributed by atoms with van der Waals surface area (Å²) in [6.07, 6.45) is 6.30. The lowest BCUT2D eigenvalue weighted by Gasteiger charge is -2.03. The van der Waals surface area contributed by atoms with Crippen molar-refractivity contribution in [3.05, 3.63) is 98.1 Å². The number of hydrogen-bond acceptors (Lipinski definition) is 6. The first-order valence-electron chi connectivity index (χ1n) is 8.96. The molecule has 0 saturated carbocycles. The third-order valence-corrected chi connectivity index (χ3v) is 5.35. The molecule has 0 amide bonds. The van der Waals surface area contributed by atoms with Gasteiger partial charge in [0.1, 0.15) is 0 Å². The molecular formula is C20H12BBr3F4N4O2. The van der Waals surface area contributed by atoms with Crippen LogP contribution in [-0.2, 0) is 0 Å². The standard InChI is InChI=1S/C10H5BrF2N2.C6H4BBrF2O2.C4H3BrN2/c11-7-3-2-6(8(12)9(7)13)10-14-4-1-5-15-10;8-4-2-1-3(7(11)12)5(9)6(4)10;5-4-6-2-1-3-7-4/h1-5H;1-2,11-12H;1-3H. The molecule has 0 saturated heterocycles. The Morgan fingerprint density at radius 2 is 1.09 bits per heavy atom. The minimum absolute atomic E-state index is 0.0515. The smallest absolute Gasteiger partial charge is 0.423 e. The van der Waals surface area contributed by atoms with Crippen LogP contribution in [-0.4, -0.2) is 37.1 Å². The average molecular weight is 667 g/mol. The van der Waals surface area contributed by atoms with Gasteiger partial charge >= 0.3 is 7.12 Å². The number of rotatable bonds is 2. The fourth-order valence-electron chi connectivity index (χ4n) is 2.16. The SMILES string of the molecule is Brc1ncccn1.Fc1c(Br)ccc(-c2ncccn2)c1F.OB(O)c1ccc(Br)c(F)c1F. The normalized spacial score (nSPS) is 9.91. The molecule has 0 bridgehead atoms. The van der Waals surface area contributed by atoms with Gasteiger partial charge in [0.25, 0.3) is 0 Å². The van der Waals surface area contributed by atoms with E-state index in [1.165, 1.54) is 30.6 Å². The second kappa shape index (κ2) is 13.6. The number of aromatic nitrogens is 4. The van der Waals surface area contributed by atoms with E-state index in [-0.39, 0.29) is 20.3 Å². The van der Waals surface area contributed by atoms with Gasteiger partial charge in [0.15, 0.2) is 33.8 Å². The third kappa shape index (κ3) is 7.91. The maximum Gasteiger partial charge on any atom is 0.491 e. The van der Waals surface area contributed by atoms with Crippen LogP contribution in [0.15, 0.2) is 74.9 Å². The summed E-state index contributed by atoms with van der Waals surface area (Å²) in [7, 11) is -1.99. The summed E-state index contributed by atoms with van der Waals surface area (Å²) in [5, 5.41) is 17.1. The average Bonchev–Trinajstić information content (AvgIpc) is 2.83. The highest BCUT2D eigenvalue weighted by Gasteiger charge is 2.20. The van der Waals surface area contributed by atoms with Gasteiger partial charge in [0, 0.05) is 30.3 Å². The second-order valence-electron chi connectivity index (χ2n) is 5.95. The Morgan fingerprint density at radius 3 is 1.56 bits per heavy atom. The molecule has 0 aliphatic rings. The van der Waals surface area contributed by atoms with Crippen LogP contribution >= 0.6 is 47.8 Å². The van der Waals surface area contributed by atoms with Crippen LogP contribution in [0.3, 0.4) is 0 Å². The van der Waals surface area contributed by atoms with E-state index in [4.69, 9.17) is 10.0 Å². The lowest BCUT2D eigenvalue weighted by Crippen LogP contribution is -2.33. The fraction of sp³-hybridized carbons (Fsp3) is 0. The van der Waals surface area contributed by atoms with Crippen molar-refractivity contribution in [1.82, 2.24) is 19.9 Å². The molecule has 34 heavy (non-hydrogen) atoms. The fourth-order valence-corrected chi connectivity index (χ4v) is 3.01. The Labute approximate surface area is 216 Å². The van der Waals surface area contributed by atoms with Gasteiger partial charge in [0.05, 0.1) is 14.5 Å². The van der Waals surface area contributed by atoms with E-state index < -0.39 is 35.9 Å². The number of nitrogens with zero attached hydrogens (tertiary/aromatic N) is 4. The molecule has 0 fully saturated rings. The van der Waals surface area contributed by atoms with Gasteiger partial charge in [-0.25, -0.2) is 37.5 Å². The zero-order chi connectivity index (χ0) is 25.3. The van der Waals surface area contributed by atoms with Crippen LogP contribution in [0.4, 0.5) is 17.6 Å². The largest absolute Gasteiger partial charge is 0.491 e. The van der Waals surface area contributed by atoms with Crippen molar-refractivity contribution in [2.45, 2.75) is 0 Å². The van der Waals surface area contributed by atoms with Crippen LogP contribution in [0.5, 0.6) is 0 Å². The highest BCUT2D eigenvalue weighted by molar-refractivity contribution is 9.11. The predicted octanol–water partition coefficient (Wildman–Crippen LogP) is 4.83. The van der Waals surface area contributed by atoms with Crippen molar-refractivity contribution >= 4 is 60.4 Å². The molecule has 2 aromatic heterocycles. The minimum atomic E-state index is -1.99. The van der Waals surface area contributed by atoms with Crippen molar-refractivity contribution in [2.75, 3.05) is 0 Å². The summed E-state index contributed by atoms with van der Waals surface area (Å²) in [5.41, 5.74) is -0.424. The summed E-state index contributed by atoms with van der Waals surface area (Å²) in [6, 6.07) is 8.52. The molecule has 6 nitrogen and oxygen atoms in total. The maximum atomic E-state index is 13.5. The molecular weight excluding hydrogens is 655 g/mol. The van der Waals surface area contributed by atoms with Gasteiger partial charge in [0.2, 0.25) is 0 Å². The monoisotopic (exact) mass is 664 g/mol. The molecule has 0 radical (unpaired) electrons. The van der Waals surface area contributed by atoms with Crippen molar-refractivity contribution in [1.29, 1.82) is 0 Å². The first-order chi connectivity index (χ1) is 16.1. The molecule has 176 valence electrons. The van der Waals surface area contributed by atoms with E-state index in [0.717, 1.165) is 6.07 Å². The van der Waals surface area contributed by atoms with Crippen LogP contribution in [0, 0.1) is 23.3 Å². The van der Waals surface area contributed by atoms with Crippen LogP contribution in [0.1, 0.15) is 0 Å². The quantitative estimate of drug-likeness (QED) is 0.138. The Balaban J connectivity index is 0.000000192. The van der Waals surface area contributed by atoms with Crippen LogP contribution in [0.2, 0.25) is 0 Å². The molecule has 2 heterocycles. The van der Waals surface area contributed by atoms with Gasteiger partial charge in [-0.05, 0) is 78.1 Å². The number of benzene rings is 2. The zero-order valence-electron chi connectivity index (χ0n) is 16.7. The molecule has 0 unspecified atom stereocenters. The zero-order valence-corrected chi connectivity index (χ0v) is 21.4. The molecule has 2 N–H and O–H groups in total. The summed E-state index contributed by atoms with van der Waals surface area (Å²) in [6.45, 7) is 0. The van der Waals surface area contributed by atoms with E-state index >= 15 is 0 Å². The molecule has 4 rings (SSSR count). The van der Waals surface area contributed by atoms with Crippen molar-refractivity contribution in [2.24, 2.45) is 0 Å². The molecule has 4 aromatic rings. The van der Waals surface area contributed by atoms with Gasteiger partial charge in [-0.15, -0.1) is 0 Å². The topological polar surface area (TPSA) is 92.0 Å². The maximum absolute atomic E-state index is 13.5. The summed E-state index contributed by atoms with van der Waals surface area (Å²) < 4.78 is 52.8. The van der Waals surface area contributed by atoms with E-state index in [0.29, 0.717) is 4.73 Å². The van der Waals surface area contributed by atoms with Gasteiger partial charge in [-0.2, -0.15) is 0 Å². The first-order valence-corrected chi connectivity index (χ1v) is 11.3. The van der Waals surface area contributed by atoms with Gasteiger partial charge in [-0.1, -0.05) is 6.07 Å². The van der Waals surface area contributed by atoms with Crippen molar-refractivity contribution in [3.8, 4) is 11.4 Å². The molecule has 2 aromatic carbocycles. The van der Waals surface area contributed by atoms with Crippen LogP contribution in [0.25, 0.3) is 11.4 Å². The molecule has 14 heteroatoms. The Morgan fingerprint density at radius 1 is 0.618 bits per heavy atom. The number of halogens is 7. The van der Waals surface area contributed by atoms with Crippen molar-refractivity contribution < 1.29 is 27.6 Å².